The highest BCUT2D eigenvalue weighted by atomic mass is 32.1. The number of hydrogen-bond acceptors (Lipinski definition) is 2. The second-order valence-electron chi connectivity index (χ2n) is 4.14. The molecule has 2 atom stereocenters. The summed E-state index contributed by atoms with van der Waals surface area (Å²) in [7, 11) is 0. The van der Waals surface area contributed by atoms with Crippen molar-refractivity contribution in [2.75, 3.05) is 0 Å². The Bertz CT molecular complexity index is 429. The van der Waals surface area contributed by atoms with Gasteiger partial charge in [-0.2, -0.15) is 0 Å². The lowest BCUT2D eigenvalue weighted by atomic mass is 9.87. The number of amides is 1. The van der Waals surface area contributed by atoms with Gasteiger partial charge in [0, 0.05) is 4.88 Å². The van der Waals surface area contributed by atoms with Crippen LogP contribution in [-0.4, -0.2) is 11.9 Å². The Labute approximate surface area is 100 Å². The molecule has 0 saturated heterocycles. The first kappa shape index (κ1) is 11.2. The molecule has 0 radical (unpaired) electrons. The molecule has 0 bridgehead atoms. The smallest absolute Gasteiger partial charge is 0.228 e. The van der Waals surface area contributed by atoms with Gasteiger partial charge in [0.15, 0.2) is 0 Å². The topological polar surface area (TPSA) is 29.1 Å². The van der Waals surface area contributed by atoms with E-state index in [9.17, 15) is 4.79 Å². The van der Waals surface area contributed by atoms with Gasteiger partial charge in [-0.1, -0.05) is 5.92 Å². The second kappa shape index (κ2) is 4.71. The highest BCUT2D eigenvalue weighted by Gasteiger charge is 2.27. The van der Waals surface area contributed by atoms with Crippen LogP contribution >= 0.6 is 11.3 Å². The summed E-state index contributed by atoms with van der Waals surface area (Å²) in [6.07, 6.45) is 8.41. The van der Waals surface area contributed by atoms with Crippen LogP contribution in [0.5, 0.6) is 0 Å². The fourth-order valence-corrected chi connectivity index (χ4v) is 3.10. The van der Waals surface area contributed by atoms with Crippen LogP contribution < -0.4 is 5.32 Å². The average Bonchev–Trinajstić information content (AvgIpc) is 2.76. The number of fused-ring (bicyclic) bond motifs is 1. The Hall–Kier alpha value is -1.27. The van der Waals surface area contributed by atoms with Crippen LogP contribution in [-0.2, 0) is 11.2 Å². The molecular formula is C13H15NOS. The fourth-order valence-electron chi connectivity index (χ4n) is 2.11. The molecule has 84 valence electrons. The molecule has 1 aliphatic rings. The van der Waals surface area contributed by atoms with E-state index in [1.165, 1.54) is 10.4 Å². The minimum absolute atomic E-state index is 0.00537. The molecule has 2 rings (SSSR count). The van der Waals surface area contributed by atoms with Gasteiger partial charge in [0.25, 0.3) is 0 Å². The lowest BCUT2D eigenvalue weighted by Gasteiger charge is -2.22. The molecule has 1 heterocycles. The van der Waals surface area contributed by atoms with Gasteiger partial charge in [-0.05, 0) is 43.2 Å². The summed E-state index contributed by atoms with van der Waals surface area (Å²) < 4.78 is 0. The van der Waals surface area contributed by atoms with Crippen LogP contribution in [0.15, 0.2) is 11.4 Å². The largest absolute Gasteiger partial charge is 0.342 e. The zero-order valence-electron chi connectivity index (χ0n) is 9.32. The van der Waals surface area contributed by atoms with Crippen molar-refractivity contribution in [3.8, 4) is 12.3 Å². The third-order valence-corrected chi connectivity index (χ3v) is 3.97. The first-order valence-corrected chi connectivity index (χ1v) is 6.43. The molecule has 0 aliphatic heterocycles. The van der Waals surface area contributed by atoms with Gasteiger partial charge >= 0.3 is 0 Å². The molecule has 0 saturated carbocycles. The monoisotopic (exact) mass is 233 g/mol. The van der Waals surface area contributed by atoms with Gasteiger partial charge in [-0.15, -0.1) is 17.8 Å². The quantitative estimate of drug-likeness (QED) is 0.780. The van der Waals surface area contributed by atoms with Crippen molar-refractivity contribution in [2.45, 2.75) is 38.1 Å². The normalized spacial score (nSPS) is 20.6. The van der Waals surface area contributed by atoms with E-state index in [0.29, 0.717) is 0 Å². The lowest BCUT2D eigenvalue weighted by Crippen LogP contribution is -2.36. The maximum absolute atomic E-state index is 12.0. The van der Waals surface area contributed by atoms with E-state index in [0.717, 1.165) is 19.3 Å². The van der Waals surface area contributed by atoms with E-state index >= 15 is 0 Å². The minimum Gasteiger partial charge on any atom is -0.342 e. The molecule has 1 aliphatic carbocycles. The zero-order chi connectivity index (χ0) is 11.5. The number of terminal acetylenes is 1. The summed E-state index contributed by atoms with van der Waals surface area (Å²) in [5.74, 6) is 2.60. The summed E-state index contributed by atoms with van der Waals surface area (Å²) in [5.41, 5.74) is 1.21. The molecule has 1 aromatic heterocycles. The SMILES string of the molecule is C#CC(C)NC(=O)C1CCCc2sccc21. The predicted octanol–water partition coefficient (Wildman–Crippen LogP) is 2.31. The standard InChI is InChI=1S/C13H15NOS/c1-3-9(2)14-13(15)11-5-4-6-12-10(11)7-8-16-12/h1,7-9,11H,4-6H2,2H3,(H,14,15). The van der Waals surface area contributed by atoms with Gasteiger partial charge in [0.2, 0.25) is 5.91 Å². The number of carbonyl (C=O) groups excluding carboxylic acids is 1. The van der Waals surface area contributed by atoms with E-state index in [4.69, 9.17) is 6.42 Å². The first-order chi connectivity index (χ1) is 7.72. The van der Waals surface area contributed by atoms with Crippen molar-refractivity contribution in [2.24, 2.45) is 0 Å². The van der Waals surface area contributed by atoms with Crippen molar-refractivity contribution in [1.29, 1.82) is 0 Å². The van der Waals surface area contributed by atoms with Crippen molar-refractivity contribution in [3.63, 3.8) is 0 Å². The Morgan fingerprint density at radius 1 is 1.75 bits per heavy atom. The summed E-state index contributed by atoms with van der Waals surface area (Å²) >= 11 is 1.75. The van der Waals surface area contributed by atoms with Gasteiger partial charge in [-0.3, -0.25) is 4.79 Å². The molecule has 0 spiro atoms. The van der Waals surface area contributed by atoms with Crippen LogP contribution in [0.25, 0.3) is 0 Å². The van der Waals surface area contributed by atoms with Gasteiger partial charge in [-0.25, -0.2) is 0 Å². The van der Waals surface area contributed by atoms with E-state index < -0.39 is 0 Å². The third kappa shape index (κ3) is 2.12. The maximum atomic E-state index is 12.0. The third-order valence-electron chi connectivity index (χ3n) is 2.98. The van der Waals surface area contributed by atoms with Crippen LogP contribution in [0.1, 0.15) is 36.1 Å². The molecule has 0 fully saturated rings. The number of carbonyl (C=O) groups is 1. The minimum atomic E-state index is -0.184. The first-order valence-electron chi connectivity index (χ1n) is 5.55. The molecule has 1 N–H and O–H groups in total. The van der Waals surface area contributed by atoms with Crippen molar-refractivity contribution >= 4 is 17.2 Å². The Balaban J connectivity index is 2.13. The molecule has 1 aromatic rings. The summed E-state index contributed by atoms with van der Waals surface area (Å²) in [4.78, 5) is 13.4. The van der Waals surface area contributed by atoms with Crippen molar-refractivity contribution in [1.82, 2.24) is 5.32 Å². The predicted molar refractivity (Wildman–Crippen MR) is 66.4 cm³/mol. The average molecular weight is 233 g/mol. The molecule has 3 heteroatoms. The molecule has 16 heavy (non-hydrogen) atoms. The van der Waals surface area contributed by atoms with Crippen LogP contribution in [0, 0.1) is 12.3 Å². The Morgan fingerprint density at radius 3 is 3.31 bits per heavy atom. The number of hydrogen-bond donors (Lipinski definition) is 1. The number of aryl methyl sites for hydroxylation is 1. The molecule has 2 nitrogen and oxygen atoms in total. The van der Waals surface area contributed by atoms with Gasteiger partial charge in [0.1, 0.15) is 0 Å². The molecular weight excluding hydrogens is 218 g/mol. The number of nitrogens with one attached hydrogen (secondary N) is 1. The van der Waals surface area contributed by atoms with E-state index in [-0.39, 0.29) is 17.9 Å². The molecule has 0 aromatic carbocycles. The zero-order valence-corrected chi connectivity index (χ0v) is 10.1. The number of thiophene rings is 1. The second-order valence-corrected chi connectivity index (χ2v) is 5.14. The summed E-state index contributed by atoms with van der Waals surface area (Å²) in [6, 6.07) is 1.89. The van der Waals surface area contributed by atoms with Crippen LogP contribution in [0.4, 0.5) is 0 Å². The van der Waals surface area contributed by atoms with Crippen LogP contribution in [0.2, 0.25) is 0 Å². The highest BCUT2D eigenvalue weighted by Crippen LogP contribution is 2.34. The van der Waals surface area contributed by atoms with Gasteiger partial charge < -0.3 is 5.32 Å². The van der Waals surface area contributed by atoms with E-state index in [1.807, 2.05) is 6.92 Å². The maximum Gasteiger partial charge on any atom is 0.228 e. The number of rotatable bonds is 2. The lowest BCUT2D eigenvalue weighted by molar-refractivity contribution is -0.123. The molecule has 2 unspecified atom stereocenters. The fraction of sp³-hybridized carbons (Fsp3) is 0.462. The Kier molecular flexibility index (Phi) is 3.31. The Morgan fingerprint density at radius 2 is 2.56 bits per heavy atom. The van der Waals surface area contributed by atoms with Crippen LogP contribution in [0.3, 0.4) is 0 Å². The van der Waals surface area contributed by atoms with Gasteiger partial charge in [0.05, 0.1) is 12.0 Å². The summed E-state index contributed by atoms with van der Waals surface area (Å²) in [5, 5.41) is 4.93. The highest BCUT2D eigenvalue weighted by molar-refractivity contribution is 7.10. The van der Waals surface area contributed by atoms with Crippen molar-refractivity contribution < 1.29 is 4.79 Å². The van der Waals surface area contributed by atoms with E-state index in [1.54, 1.807) is 11.3 Å². The van der Waals surface area contributed by atoms with Crippen molar-refractivity contribution in [3.05, 3.63) is 21.9 Å². The molecule has 1 amide bonds. The van der Waals surface area contributed by atoms with E-state index in [2.05, 4.69) is 22.7 Å². The summed E-state index contributed by atoms with van der Waals surface area (Å²) in [6.45, 7) is 1.83.